The van der Waals surface area contributed by atoms with Gasteiger partial charge in [0, 0.05) is 27.7 Å². The molecule has 32 heavy (non-hydrogen) atoms. The quantitative estimate of drug-likeness (QED) is 0.557. The zero-order chi connectivity index (χ0) is 22.9. The molecule has 0 aromatic carbocycles. The Morgan fingerprint density at radius 2 is 1.97 bits per heavy atom. The Hall–Kier alpha value is -1.94. The molecule has 0 bridgehead atoms. The van der Waals surface area contributed by atoms with Gasteiger partial charge in [-0.25, -0.2) is 9.59 Å². The maximum Gasteiger partial charge on any atom is 0.341 e. The van der Waals surface area contributed by atoms with Crippen LogP contribution in [0.3, 0.4) is 0 Å². The second-order valence-corrected chi connectivity index (χ2v) is 11.3. The minimum atomic E-state index is -0.611. The SMILES string of the molecule is CCc1sc2c(c1CNC(=O)Nc1sc3c(c1C(=O)OC(C)(C)C)CCOC3)CCNC2. The Morgan fingerprint density at radius 1 is 1.16 bits per heavy atom. The molecule has 2 aliphatic heterocycles. The number of thiophene rings is 2. The maximum atomic E-state index is 13.0. The maximum absolute atomic E-state index is 13.0. The standard InChI is InChI=1S/C23H31N3O4S2/c1-5-16-15(13-6-8-24-11-17(13)31-16)10-25-22(28)26-20-19(21(27)30-23(2,3)4)14-7-9-29-12-18(14)32-20/h24H,5-12H2,1-4H3,(H2,25,26,28). The molecule has 0 atom stereocenters. The highest BCUT2D eigenvalue weighted by atomic mass is 32.1. The number of fused-ring (bicyclic) bond motifs is 2. The third kappa shape index (κ3) is 5.01. The van der Waals surface area contributed by atoms with Crippen LogP contribution in [0, 0.1) is 0 Å². The highest BCUT2D eigenvalue weighted by molar-refractivity contribution is 7.17. The first kappa shape index (κ1) is 23.2. The number of esters is 1. The molecule has 0 unspecified atom stereocenters. The van der Waals surface area contributed by atoms with Crippen LogP contribution in [0.5, 0.6) is 0 Å². The van der Waals surface area contributed by atoms with Crippen molar-refractivity contribution in [2.75, 3.05) is 18.5 Å². The largest absolute Gasteiger partial charge is 0.456 e. The van der Waals surface area contributed by atoms with Crippen LogP contribution in [0.25, 0.3) is 0 Å². The zero-order valence-electron chi connectivity index (χ0n) is 19.1. The van der Waals surface area contributed by atoms with Crippen molar-refractivity contribution in [3.8, 4) is 0 Å². The second kappa shape index (κ2) is 9.51. The first-order valence-electron chi connectivity index (χ1n) is 11.1. The van der Waals surface area contributed by atoms with E-state index in [1.54, 1.807) is 0 Å². The van der Waals surface area contributed by atoms with Crippen molar-refractivity contribution >= 4 is 39.7 Å². The van der Waals surface area contributed by atoms with E-state index < -0.39 is 11.6 Å². The minimum absolute atomic E-state index is 0.315. The molecular weight excluding hydrogens is 446 g/mol. The first-order valence-corrected chi connectivity index (χ1v) is 12.7. The van der Waals surface area contributed by atoms with Crippen molar-refractivity contribution in [3.05, 3.63) is 36.9 Å². The van der Waals surface area contributed by atoms with E-state index in [1.165, 1.54) is 32.2 Å². The van der Waals surface area contributed by atoms with E-state index in [1.807, 2.05) is 32.1 Å². The van der Waals surface area contributed by atoms with Crippen molar-refractivity contribution < 1.29 is 19.1 Å². The van der Waals surface area contributed by atoms with Gasteiger partial charge in [-0.05, 0) is 63.3 Å². The molecule has 174 valence electrons. The van der Waals surface area contributed by atoms with Crippen LogP contribution in [0.1, 0.15) is 69.4 Å². The van der Waals surface area contributed by atoms with Crippen molar-refractivity contribution in [2.45, 2.75) is 72.3 Å². The van der Waals surface area contributed by atoms with Crippen LogP contribution >= 0.6 is 22.7 Å². The summed E-state index contributed by atoms with van der Waals surface area (Å²) in [5.41, 5.74) is 3.41. The third-order valence-corrected chi connectivity index (χ3v) is 8.06. The Bertz CT molecular complexity index is 1020. The van der Waals surface area contributed by atoms with Crippen LogP contribution in [-0.4, -0.2) is 30.8 Å². The molecule has 0 fully saturated rings. The number of ether oxygens (including phenoxy) is 2. The second-order valence-electron chi connectivity index (χ2n) is 9.01. The lowest BCUT2D eigenvalue weighted by Crippen LogP contribution is -2.30. The molecule has 2 amide bonds. The average Bonchev–Trinajstić information content (AvgIpc) is 3.28. The predicted molar refractivity (Wildman–Crippen MR) is 128 cm³/mol. The molecular formula is C23H31N3O4S2. The highest BCUT2D eigenvalue weighted by Crippen LogP contribution is 2.38. The van der Waals surface area contributed by atoms with Gasteiger partial charge in [0.1, 0.15) is 10.6 Å². The first-order chi connectivity index (χ1) is 15.3. The fourth-order valence-corrected chi connectivity index (χ4v) is 6.58. The fourth-order valence-electron chi connectivity index (χ4n) is 4.13. The summed E-state index contributed by atoms with van der Waals surface area (Å²) in [5, 5.41) is 9.88. The molecule has 4 rings (SSSR count). The number of aryl methyl sites for hydroxylation is 1. The Morgan fingerprint density at radius 3 is 2.72 bits per heavy atom. The molecule has 3 N–H and O–H groups in total. The zero-order valence-corrected chi connectivity index (χ0v) is 20.7. The summed E-state index contributed by atoms with van der Waals surface area (Å²) in [7, 11) is 0. The summed E-state index contributed by atoms with van der Waals surface area (Å²) in [4.78, 5) is 29.5. The van der Waals surface area contributed by atoms with Gasteiger partial charge in [0.2, 0.25) is 0 Å². The number of rotatable bonds is 5. The molecule has 0 aliphatic carbocycles. The number of hydrogen-bond donors (Lipinski definition) is 3. The highest BCUT2D eigenvalue weighted by Gasteiger charge is 2.30. The van der Waals surface area contributed by atoms with Gasteiger partial charge in [-0.3, -0.25) is 5.32 Å². The molecule has 0 radical (unpaired) electrons. The fraction of sp³-hybridized carbons (Fsp3) is 0.565. The van der Waals surface area contributed by atoms with Gasteiger partial charge in [-0.15, -0.1) is 22.7 Å². The number of carbonyl (C=O) groups excluding carboxylic acids is 2. The number of nitrogens with one attached hydrogen (secondary N) is 3. The summed E-state index contributed by atoms with van der Waals surface area (Å²) >= 11 is 3.23. The minimum Gasteiger partial charge on any atom is -0.456 e. The number of anilines is 1. The van der Waals surface area contributed by atoms with E-state index in [0.29, 0.717) is 36.7 Å². The monoisotopic (exact) mass is 477 g/mol. The van der Waals surface area contributed by atoms with Gasteiger partial charge in [0.05, 0.1) is 18.8 Å². The van der Waals surface area contributed by atoms with E-state index >= 15 is 0 Å². The molecule has 0 saturated carbocycles. The normalized spacial score (nSPS) is 15.6. The van der Waals surface area contributed by atoms with Crippen molar-refractivity contribution in [1.29, 1.82) is 0 Å². The summed E-state index contributed by atoms with van der Waals surface area (Å²) < 4.78 is 11.2. The van der Waals surface area contributed by atoms with Gasteiger partial charge in [0.25, 0.3) is 0 Å². The summed E-state index contributed by atoms with van der Waals surface area (Å²) in [6.45, 7) is 11.0. The third-order valence-electron chi connectivity index (χ3n) is 5.52. The molecule has 2 aliphatic rings. The van der Waals surface area contributed by atoms with Crippen molar-refractivity contribution in [2.24, 2.45) is 0 Å². The van der Waals surface area contributed by atoms with E-state index in [4.69, 9.17) is 9.47 Å². The average molecular weight is 478 g/mol. The van der Waals surface area contributed by atoms with Crippen LogP contribution < -0.4 is 16.0 Å². The summed E-state index contributed by atoms with van der Waals surface area (Å²) in [6, 6.07) is -0.315. The van der Waals surface area contributed by atoms with E-state index in [2.05, 4.69) is 22.9 Å². The van der Waals surface area contributed by atoms with Crippen LogP contribution in [0.2, 0.25) is 0 Å². The predicted octanol–water partition coefficient (Wildman–Crippen LogP) is 4.37. The molecule has 0 saturated heterocycles. The number of carbonyl (C=O) groups is 2. The lowest BCUT2D eigenvalue weighted by molar-refractivity contribution is 0.00685. The van der Waals surface area contributed by atoms with Gasteiger partial charge < -0.3 is 20.1 Å². The van der Waals surface area contributed by atoms with Crippen molar-refractivity contribution in [1.82, 2.24) is 10.6 Å². The van der Waals surface area contributed by atoms with E-state index in [9.17, 15) is 9.59 Å². The van der Waals surface area contributed by atoms with Crippen molar-refractivity contribution in [3.63, 3.8) is 0 Å². The lowest BCUT2D eigenvalue weighted by atomic mass is 10.0. The molecule has 2 aromatic heterocycles. The topological polar surface area (TPSA) is 88.7 Å². The Balaban J connectivity index is 1.51. The van der Waals surface area contributed by atoms with Gasteiger partial charge in [0.15, 0.2) is 0 Å². The molecule has 0 spiro atoms. The Labute approximate surface area is 196 Å². The number of amides is 2. The smallest absolute Gasteiger partial charge is 0.341 e. The lowest BCUT2D eigenvalue weighted by Gasteiger charge is -2.21. The molecule has 7 nitrogen and oxygen atoms in total. The van der Waals surface area contributed by atoms with Gasteiger partial charge >= 0.3 is 12.0 Å². The Kier molecular flexibility index (Phi) is 6.90. The summed E-state index contributed by atoms with van der Waals surface area (Å²) in [5.74, 6) is -0.403. The van der Waals surface area contributed by atoms with E-state index in [0.717, 1.165) is 36.4 Å². The number of urea groups is 1. The van der Waals surface area contributed by atoms with E-state index in [-0.39, 0.29) is 6.03 Å². The molecule has 4 heterocycles. The van der Waals surface area contributed by atoms with Crippen LogP contribution in [0.4, 0.5) is 9.80 Å². The molecule has 2 aromatic rings. The molecule has 9 heteroatoms. The number of hydrogen-bond acceptors (Lipinski definition) is 7. The van der Waals surface area contributed by atoms with Gasteiger partial charge in [-0.1, -0.05) is 6.92 Å². The summed E-state index contributed by atoms with van der Waals surface area (Å²) in [6.07, 6.45) is 2.58. The van der Waals surface area contributed by atoms with Gasteiger partial charge in [-0.2, -0.15) is 0 Å². The van der Waals surface area contributed by atoms with Crippen LogP contribution in [-0.2, 0) is 48.4 Å². The van der Waals surface area contributed by atoms with Crippen LogP contribution in [0.15, 0.2) is 0 Å².